The number of pyridine rings is 1. The third kappa shape index (κ3) is 5.09. The molecule has 0 spiro atoms. The minimum absolute atomic E-state index is 0.0181. The Morgan fingerprint density at radius 3 is 2.20 bits per heavy atom. The van der Waals surface area contributed by atoms with Crippen molar-refractivity contribution in [1.29, 1.82) is 0 Å². The Hall–Kier alpha value is -5.35. The maximum atomic E-state index is 6.55. The van der Waals surface area contributed by atoms with Gasteiger partial charge in [-0.25, -0.2) is 4.98 Å². The van der Waals surface area contributed by atoms with Crippen LogP contribution in [0.2, 0.25) is 0 Å². The van der Waals surface area contributed by atoms with Crippen LogP contribution in [0, 0.1) is 0 Å². The van der Waals surface area contributed by atoms with Gasteiger partial charge in [-0.1, -0.05) is 87.5 Å². The number of anilines is 2. The van der Waals surface area contributed by atoms with Crippen molar-refractivity contribution in [3.8, 4) is 28.4 Å². The fourth-order valence-electron chi connectivity index (χ4n) is 5.93. The van der Waals surface area contributed by atoms with Gasteiger partial charge in [-0.2, -0.15) is 0 Å². The number of aromatic nitrogens is 2. The van der Waals surface area contributed by atoms with Gasteiger partial charge in [0.2, 0.25) is 0 Å². The Morgan fingerprint density at radius 2 is 1.36 bits per heavy atom. The first-order valence-electron chi connectivity index (χ1n) is 15.0. The fourth-order valence-corrected chi connectivity index (χ4v) is 5.93. The van der Waals surface area contributed by atoms with Gasteiger partial charge in [0.25, 0.3) is 0 Å². The summed E-state index contributed by atoms with van der Waals surface area (Å²) >= 11 is 0. The van der Waals surface area contributed by atoms with Crippen LogP contribution in [0.25, 0.3) is 38.8 Å². The topological polar surface area (TPSA) is 30.3 Å². The average molecular weight is 574 g/mol. The molecule has 0 aliphatic rings. The van der Waals surface area contributed by atoms with Crippen LogP contribution in [0.5, 0.6) is 11.5 Å². The first-order valence-corrected chi connectivity index (χ1v) is 15.0. The highest BCUT2D eigenvalue weighted by Crippen LogP contribution is 2.38. The fraction of sp³-hybridized carbons (Fsp3) is 0.125. The van der Waals surface area contributed by atoms with Crippen LogP contribution in [0.4, 0.5) is 11.4 Å². The SMILES string of the molecule is CN(c1ccccc1)c1ccccc1-c1cccc(Oc2ccc3c4ccccc4n(-c4cc(C(C)(C)C)ccn4)c3c2)c1. The Labute approximate surface area is 258 Å². The summed E-state index contributed by atoms with van der Waals surface area (Å²) in [7, 11) is 2.11. The maximum absolute atomic E-state index is 6.55. The lowest BCUT2D eigenvalue weighted by Crippen LogP contribution is -2.12. The molecule has 0 aliphatic heterocycles. The highest BCUT2D eigenvalue weighted by atomic mass is 16.5. The van der Waals surface area contributed by atoms with Crippen molar-refractivity contribution in [2.45, 2.75) is 26.2 Å². The van der Waals surface area contributed by atoms with Crippen molar-refractivity contribution in [2.75, 3.05) is 11.9 Å². The zero-order chi connectivity index (χ0) is 30.3. The molecule has 0 saturated carbocycles. The molecule has 4 nitrogen and oxygen atoms in total. The number of para-hydroxylation sites is 3. The van der Waals surface area contributed by atoms with E-state index in [0.717, 1.165) is 50.9 Å². The van der Waals surface area contributed by atoms with Crippen LogP contribution in [0.3, 0.4) is 0 Å². The molecule has 0 aliphatic carbocycles. The molecule has 0 radical (unpaired) electrons. The largest absolute Gasteiger partial charge is 0.457 e. The molecule has 0 amide bonds. The molecule has 0 bridgehead atoms. The summed E-state index contributed by atoms with van der Waals surface area (Å²) in [6.45, 7) is 6.70. The minimum Gasteiger partial charge on any atom is -0.457 e. The Kier molecular flexibility index (Phi) is 6.90. The minimum atomic E-state index is 0.0181. The maximum Gasteiger partial charge on any atom is 0.137 e. The van der Waals surface area contributed by atoms with Crippen LogP contribution in [0.1, 0.15) is 26.3 Å². The van der Waals surface area contributed by atoms with Crippen LogP contribution >= 0.6 is 0 Å². The molecule has 0 N–H and O–H groups in total. The summed E-state index contributed by atoms with van der Waals surface area (Å²) in [6.07, 6.45) is 1.91. The predicted octanol–water partition coefficient (Wildman–Crippen LogP) is 10.7. The molecule has 7 aromatic rings. The number of ether oxygens (including phenoxy) is 1. The molecule has 0 unspecified atom stereocenters. The van der Waals surface area contributed by atoms with Gasteiger partial charge < -0.3 is 9.64 Å². The lowest BCUT2D eigenvalue weighted by molar-refractivity contribution is 0.483. The first kappa shape index (κ1) is 27.5. The van der Waals surface area contributed by atoms with Crippen LogP contribution < -0.4 is 9.64 Å². The van der Waals surface area contributed by atoms with E-state index in [9.17, 15) is 0 Å². The first-order chi connectivity index (χ1) is 21.4. The molecule has 0 atom stereocenters. The van der Waals surface area contributed by atoms with Gasteiger partial charge >= 0.3 is 0 Å². The van der Waals surface area contributed by atoms with Crippen molar-refractivity contribution >= 4 is 33.2 Å². The number of benzene rings is 5. The smallest absolute Gasteiger partial charge is 0.137 e. The molecule has 0 fully saturated rings. The van der Waals surface area contributed by atoms with E-state index in [2.05, 4.69) is 159 Å². The average Bonchev–Trinajstić information content (AvgIpc) is 3.38. The van der Waals surface area contributed by atoms with Gasteiger partial charge in [0.05, 0.1) is 11.0 Å². The van der Waals surface area contributed by atoms with E-state index in [-0.39, 0.29) is 5.41 Å². The highest BCUT2D eigenvalue weighted by Gasteiger charge is 2.18. The summed E-state index contributed by atoms with van der Waals surface area (Å²) in [5.41, 5.74) is 7.96. The summed E-state index contributed by atoms with van der Waals surface area (Å²) < 4.78 is 8.80. The van der Waals surface area contributed by atoms with Gasteiger partial charge in [-0.15, -0.1) is 0 Å². The third-order valence-corrected chi connectivity index (χ3v) is 8.28. The van der Waals surface area contributed by atoms with E-state index in [4.69, 9.17) is 9.72 Å². The predicted molar refractivity (Wildman–Crippen MR) is 184 cm³/mol. The van der Waals surface area contributed by atoms with E-state index in [0.29, 0.717) is 0 Å². The zero-order valence-electron chi connectivity index (χ0n) is 25.5. The molecule has 2 heterocycles. The normalized spacial score (nSPS) is 11.6. The number of fused-ring (bicyclic) bond motifs is 3. The molecule has 2 aromatic heterocycles. The number of nitrogens with zero attached hydrogens (tertiary/aromatic N) is 3. The van der Waals surface area contributed by atoms with Gasteiger partial charge in [-0.3, -0.25) is 4.57 Å². The zero-order valence-corrected chi connectivity index (χ0v) is 25.5. The van der Waals surface area contributed by atoms with Gasteiger partial charge in [0, 0.05) is 47.0 Å². The molecule has 7 rings (SSSR count). The summed E-state index contributed by atoms with van der Waals surface area (Å²) in [4.78, 5) is 7.04. The van der Waals surface area contributed by atoms with Crippen LogP contribution in [0.15, 0.2) is 140 Å². The monoisotopic (exact) mass is 573 g/mol. The van der Waals surface area contributed by atoms with Gasteiger partial charge in [0.15, 0.2) is 0 Å². The summed E-state index contributed by atoms with van der Waals surface area (Å²) in [5.74, 6) is 2.47. The van der Waals surface area contributed by atoms with Crippen LogP contribution in [-0.2, 0) is 5.41 Å². The molecule has 44 heavy (non-hydrogen) atoms. The van der Waals surface area contributed by atoms with E-state index < -0.39 is 0 Å². The molecular formula is C40H35N3O. The van der Waals surface area contributed by atoms with Crippen molar-refractivity contribution in [1.82, 2.24) is 9.55 Å². The summed E-state index contributed by atoms with van der Waals surface area (Å²) in [5, 5.41) is 2.36. The van der Waals surface area contributed by atoms with E-state index in [1.807, 2.05) is 18.3 Å². The quantitative estimate of drug-likeness (QED) is 0.198. The highest BCUT2D eigenvalue weighted by molar-refractivity contribution is 6.09. The van der Waals surface area contributed by atoms with E-state index in [1.165, 1.54) is 16.3 Å². The van der Waals surface area contributed by atoms with Gasteiger partial charge in [-0.05, 0) is 77.2 Å². The third-order valence-electron chi connectivity index (χ3n) is 8.28. The summed E-state index contributed by atoms with van der Waals surface area (Å²) in [6, 6.07) is 46.4. The lowest BCUT2D eigenvalue weighted by Gasteiger charge is -2.23. The van der Waals surface area contributed by atoms with E-state index in [1.54, 1.807) is 0 Å². The molecule has 216 valence electrons. The second kappa shape index (κ2) is 11.1. The second-order valence-electron chi connectivity index (χ2n) is 12.2. The molecule has 4 heteroatoms. The standard InChI is InChI=1S/C40H35N3O/c1-40(2,3)29-23-24-41-39(26-29)43-37-20-11-9-18-34(37)35-22-21-32(27-38(35)43)44-31-16-12-13-28(25-31)33-17-8-10-19-36(33)42(4)30-14-6-5-7-15-30/h5-27H,1-4H3. The van der Waals surface area contributed by atoms with Crippen LogP contribution in [-0.4, -0.2) is 16.6 Å². The number of rotatable bonds is 6. The molecule has 0 saturated heterocycles. The molecule has 5 aromatic carbocycles. The van der Waals surface area contributed by atoms with E-state index >= 15 is 0 Å². The van der Waals surface area contributed by atoms with Crippen molar-refractivity contribution < 1.29 is 4.74 Å². The number of hydrogen-bond donors (Lipinski definition) is 0. The Balaban J connectivity index is 1.28. The lowest BCUT2D eigenvalue weighted by atomic mass is 9.88. The number of hydrogen-bond acceptors (Lipinski definition) is 3. The van der Waals surface area contributed by atoms with Crippen molar-refractivity contribution in [2.24, 2.45) is 0 Å². The Morgan fingerprint density at radius 1 is 0.636 bits per heavy atom. The molecular weight excluding hydrogens is 538 g/mol. The van der Waals surface area contributed by atoms with Crippen molar-refractivity contribution in [3.63, 3.8) is 0 Å². The Bertz CT molecular complexity index is 2100. The van der Waals surface area contributed by atoms with Crippen molar-refractivity contribution in [3.05, 3.63) is 145 Å². The second-order valence-corrected chi connectivity index (χ2v) is 12.2. The van der Waals surface area contributed by atoms with Gasteiger partial charge in [0.1, 0.15) is 17.3 Å².